The number of carbonyl (C=O) groups excluding carboxylic acids is 1. The zero-order chi connectivity index (χ0) is 13.7. The Kier molecular flexibility index (Phi) is 4.80. The van der Waals surface area contributed by atoms with Gasteiger partial charge in [0.05, 0.1) is 0 Å². The minimum atomic E-state index is -0.0407. The number of anilines is 1. The molecule has 1 saturated heterocycles. The Morgan fingerprint density at radius 2 is 2.32 bits per heavy atom. The van der Waals surface area contributed by atoms with E-state index in [1.54, 1.807) is 7.05 Å². The zero-order valence-electron chi connectivity index (χ0n) is 11.8. The fraction of sp³-hybridized carbons (Fsp3) is 0.533. The number of likely N-dealkylation sites (tertiary alicyclic amines) is 1. The molecule has 1 amide bonds. The van der Waals surface area contributed by atoms with E-state index >= 15 is 0 Å². The molecule has 104 valence electrons. The molecule has 1 aromatic carbocycles. The first-order valence-electron chi connectivity index (χ1n) is 6.93. The number of hydrogen-bond acceptors (Lipinski definition) is 3. The molecule has 19 heavy (non-hydrogen) atoms. The summed E-state index contributed by atoms with van der Waals surface area (Å²) < 4.78 is 0. The Morgan fingerprint density at radius 3 is 3.05 bits per heavy atom. The van der Waals surface area contributed by atoms with Crippen LogP contribution in [-0.4, -0.2) is 44.5 Å². The van der Waals surface area contributed by atoms with Gasteiger partial charge in [0.2, 0.25) is 0 Å². The molecule has 1 fully saturated rings. The predicted octanol–water partition coefficient (Wildman–Crippen LogP) is 1.80. The van der Waals surface area contributed by atoms with Crippen LogP contribution in [0.3, 0.4) is 0 Å². The smallest absolute Gasteiger partial charge is 0.251 e. The molecule has 1 atom stereocenters. The van der Waals surface area contributed by atoms with E-state index in [0.29, 0.717) is 11.5 Å². The summed E-state index contributed by atoms with van der Waals surface area (Å²) in [4.78, 5) is 14.0. The number of nitrogens with zero attached hydrogens (tertiary/aromatic N) is 1. The average Bonchev–Trinajstić information content (AvgIpc) is 2.45. The molecule has 2 rings (SSSR count). The highest BCUT2D eigenvalue weighted by molar-refractivity contribution is 5.94. The molecule has 0 saturated carbocycles. The van der Waals surface area contributed by atoms with Crippen LogP contribution in [0.15, 0.2) is 24.3 Å². The molecule has 0 aliphatic carbocycles. The number of rotatable bonds is 4. The summed E-state index contributed by atoms with van der Waals surface area (Å²) in [5.41, 5.74) is 1.72. The quantitative estimate of drug-likeness (QED) is 0.868. The molecule has 0 bridgehead atoms. The van der Waals surface area contributed by atoms with E-state index in [2.05, 4.69) is 22.6 Å². The van der Waals surface area contributed by atoms with Gasteiger partial charge in [-0.25, -0.2) is 0 Å². The largest absolute Gasteiger partial charge is 0.385 e. The predicted molar refractivity (Wildman–Crippen MR) is 78.5 cm³/mol. The first kappa shape index (κ1) is 13.9. The summed E-state index contributed by atoms with van der Waals surface area (Å²) in [6, 6.07) is 7.67. The molecule has 1 heterocycles. The van der Waals surface area contributed by atoms with Crippen molar-refractivity contribution in [3.8, 4) is 0 Å². The third kappa shape index (κ3) is 3.96. The van der Waals surface area contributed by atoms with E-state index in [-0.39, 0.29) is 5.91 Å². The van der Waals surface area contributed by atoms with Crippen molar-refractivity contribution in [3.05, 3.63) is 29.8 Å². The van der Waals surface area contributed by atoms with Gasteiger partial charge in [0, 0.05) is 31.4 Å². The first-order valence-corrected chi connectivity index (χ1v) is 6.93. The fourth-order valence-electron chi connectivity index (χ4n) is 2.62. The number of piperidine rings is 1. The lowest BCUT2D eigenvalue weighted by molar-refractivity contribution is 0.0963. The Morgan fingerprint density at radius 1 is 1.47 bits per heavy atom. The van der Waals surface area contributed by atoms with Gasteiger partial charge in [-0.3, -0.25) is 4.79 Å². The maximum atomic E-state index is 11.6. The Hall–Kier alpha value is -1.55. The third-order valence-electron chi connectivity index (χ3n) is 3.67. The van der Waals surface area contributed by atoms with Crippen molar-refractivity contribution >= 4 is 11.6 Å². The summed E-state index contributed by atoms with van der Waals surface area (Å²) in [6.07, 6.45) is 2.56. The van der Waals surface area contributed by atoms with E-state index in [9.17, 15) is 4.79 Å². The molecule has 4 nitrogen and oxygen atoms in total. The van der Waals surface area contributed by atoms with Gasteiger partial charge in [-0.2, -0.15) is 0 Å². The molecule has 0 spiro atoms. The topological polar surface area (TPSA) is 44.4 Å². The summed E-state index contributed by atoms with van der Waals surface area (Å²) in [5.74, 6) is 0.656. The second-order valence-corrected chi connectivity index (χ2v) is 5.31. The van der Waals surface area contributed by atoms with Crippen LogP contribution >= 0.6 is 0 Å². The minimum absolute atomic E-state index is 0.0407. The molecule has 1 aliphatic rings. The fourth-order valence-corrected chi connectivity index (χ4v) is 2.62. The van der Waals surface area contributed by atoms with Gasteiger partial charge in [0.1, 0.15) is 0 Å². The van der Waals surface area contributed by atoms with Crippen LogP contribution in [0.1, 0.15) is 23.2 Å². The highest BCUT2D eigenvalue weighted by Gasteiger charge is 2.16. The van der Waals surface area contributed by atoms with Crippen LogP contribution in [0.5, 0.6) is 0 Å². The molecular weight excluding hydrogens is 238 g/mol. The number of nitrogens with one attached hydrogen (secondary N) is 2. The van der Waals surface area contributed by atoms with Gasteiger partial charge in [-0.1, -0.05) is 6.07 Å². The van der Waals surface area contributed by atoms with Crippen molar-refractivity contribution in [2.75, 3.05) is 39.0 Å². The SMILES string of the molecule is CNC(=O)c1cccc(NCC2CCCN(C)C2)c1. The van der Waals surface area contributed by atoms with Crippen LogP contribution in [0.25, 0.3) is 0 Å². The Bertz CT molecular complexity index is 433. The van der Waals surface area contributed by atoms with Crippen LogP contribution in [-0.2, 0) is 0 Å². The zero-order valence-corrected chi connectivity index (χ0v) is 11.8. The van der Waals surface area contributed by atoms with Gasteiger partial charge in [-0.05, 0) is 50.6 Å². The first-order chi connectivity index (χ1) is 9.19. The van der Waals surface area contributed by atoms with Crippen LogP contribution in [0.4, 0.5) is 5.69 Å². The normalized spacial score (nSPS) is 20.0. The van der Waals surface area contributed by atoms with Gasteiger partial charge < -0.3 is 15.5 Å². The standard InChI is InChI=1S/C15H23N3O/c1-16-15(19)13-6-3-7-14(9-13)17-10-12-5-4-8-18(2)11-12/h3,6-7,9,12,17H,4-5,8,10-11H2,1-2H3,(H,16,19). The number of carbonyl (C=O) groups is 1. The van der Waals surface area contributed by atoms with Crippen LogP contribution in [0, 0.1) is 5.92 Å². The van der Waals surface area contributed by atoms with E-state index in [0.717, 1.165) is 18.8 Å². The number of benzene rings is 1. The maximum absolute atomic E-state index is 11.6. The van der Waals surface area contributed by atoms with Gasteiger partial charge in [-0.15, -0.1) is 0 Å². The Labute approximate surface area is 115 Å². The van der Waals surface area contributed by atoms with Gasteiger partial charge in [0.25, 0.3) is 5.91 Å². The van der Waals surface area contributed by atoms with Crippen molar-refractivity contribution < 1.29 is 4.79 Å². The highest BCUT2D eigenvalue weighted by Crippen LogP contribution is 2.17. The van der Waals surface area contributed by atoms with E-state index in [1.807, 2.05) is 24.3 Å². The van der Waals surface area contributed by atoms with Crippen molar-refractivity contribution in [2.24, 2.45) is 5.92 Å². The maximum Gasteiger partial charge on any atom is 0.251 e. The van der Waals surface area contributed by atoms with Crippen molar-refractivity contribution in [3.63, 3.8) is 0 Å². The monoisotopic (exact) mass is 261 g/mol. The molecule has 1 unspecified atom stereocenters. The van der Waals surface area contributed by atoms with Gasteiger partial charge >= 0.3 is 0 Å². The second-order valence-electron chi connectivity index (χ2n) is 5.31. The van der Waals surface area contributed by atoms with Crippen molar-refractivity contribution in [1.82, 2.24) is 10.2 Å². The lowest BCUT2D eigenvalue weighted by Gasteiger charge is -2.30. The molecular formula is C15H23N3O. The average molecular weight is 261 g/mol. The summed E-state index contributed by atoms with van der Waals surface area (Å²) >= 11 is 0. The van der Waals surface area contributed by atoms with Crippen LogP contribution in [0.2, 0.25) is 0 Å². The minimum Gasteiger partial charge on any atom is -0.385 e. The summed E-state index contributed by atoms with van der Waals surface area (Å²) in [7, 11) is 3.83. The van der Waals surface area contributed by atoms with E-state index in [4.69, 9.17) is 0 Å². The second kappa shape index (κ2) is 6.57. The summed E-state index contributed by atoms with van der Waals surface area (Å²) in [6.45, 7) is 3.34. The molecule has 4 heteroatoms. The Balaban J connectivity index is 1.90. The molecule has 2 N–H and O–H groups in total. The third-order valence-corrected chi connectivity index (χ3v) is 3.67. The van der Waals surface area contributed by atoms with Crippen molar-refractivity contribution in [1.29, 1.82) is 0 Å². The van der Waals surface area contributed by atoms with Crippen LogP contribution < -0.4 is 10.6 Å². The number of amides is 1. The molecule has 0 radical (unpaired) electrons. The molecule has 1 aliphatic heterocycles. The molecule has 0 aromatic heterocycles. The highest BCUT2D eigenvalue weighted by atomic mass is 16.1. The van der Waals surface area contributed by atoms with E-state index in [1.165, 1.54) is 19.4 Å². The molecule has 1 aromatic rings. The lowest BCUT2D eigenvalue weighted by Crippen LogP contribution is -2.35. The number of hydrogen-bond donors (Lipinski definition) is 2. The van der Waals surface area contributed by atoms with E-state index < -0.39 is 0 Å². The van der Waals surface area contributed by atoms with Crippen molar-refractivity contribution in [2.45, 2.75) is 12.8 Å². The van der Waals surface area contributed by atoms with Gasteiger partial charge in [0.15, 0.2) is 0 Å². The lowest BCUT2D eigenvalue weighted by atomic mass is 9.98. The summed E-state index contributed by atoms with van der Waals surface area (Å²) in [5, 5.41) is 6.09.